The molecule has 0 aliphatic heterocycles. The lowest BCUT2D eigenvalue weighted by Gasteiger charge is -2.12. The van der Waals surface area contributed by atoms with E-state index in [-0.39, 0.29) is 17.6 Å². The van der Waals surface area contributed by atoms with Crippen molar-refractivity contribution in [1.82, 2.24) is 5.32 Å². The second-order valence-corrected chi connectivity index (χ2v) is 4.00. The standard InChI is InChI=1S/C11H16N4O3/c1-8(6-11(12)14-16)13-7-9-2-4-10(5-3-9)15(17)18/h2-5,8,13,16H,6-7H2,1H3,(H2,12,14). The number of nitro benzene ring substituents is 1. The fourth-order valence-corrected chi connectivity index (χ4v) is 1.45. The number of amidine groups is 1. The molecule has 98 valence electrons. The topological polar surface area (TPSA) is 114 Å². The Morgan fingerprint density at radius 3 is 2.67 bits per heavy atom. The van der Waals surface area contributed by atoms with Crippen molar-refractivity contribution in [2.45, 2.75) is 25.9 Å². The minimum atomic E-state index is -0.432. The summed E-state index contributed by atoms with van der Waals surface area (Å²) in [6.45, 7) is 2.47. The largest absolute Gasteiger partial charge is 0.409 e. The molecule has 0 bridgehead atoms. The van der Waals surface area contributed by atoms with Gasteiger partial charge in [0.1, 0.15) is 5.84 Å². The molecular formula is C11H16N4O3. The second-order valence-electron chi connectivity index (χ2n) is 4.00. The first-order valence-electron chi connectivity index (χ1n) is 5.46. The van der Waals surface area contributed by atoms with Crippen LogP contribution < -0.4 is 11.1 Å². The number of nitrogens with one attached hydrogen (secondary N) is 1. The van der Waals surface area contributed by atoms with E-state index < -0.39 is 4.92 Å². The molecule has 1 atom stereocenters. The van der Waals surface area contributed by atoms with Crippen molar-refractivity contribution in [3.8, 4) is 0 Å². The van der Waals surface area contributed by atoms with Gasteiger partial charge in [-0.25, -0.2) is 0 Å². The fraction of sp³-hybridized carbons (Fsp3) is 0.364. The van der Waals surface area contributed by atoms with Crippen LogP contribution in [-0.4, -0.2) is 22.0 Å². The summed E-state index contributed by atoms with van der Waals surface area (Å²) in [6, 6.07) is 6.37. The summed E-state index contributed by atoms with van der Waals surface area (Å²) in [4.78, 5) is 10.0. The maximum atomic E-state index is 10.5. The highest BCUT2D eigenvalue weighted by Gasteiger charge is 2.06. The van der Waals surface area contributed by atoms with E-state index in [1.54, 1.807) is 12.1 Å². The van der Waals surface area contributed by atoms with Crippen molar-refractivity contribution >= 4 is 11.5 Å². The van der Waals surface area contributed by atoms with Crippen LogP contribution in [0.5, 0.6) is 0 Å². The summed E-state index contributed by atoms with van der Waals surface area (Å²) < 4.78 is 0. The molecule has 0 saturated heterocycles. The van der Waals surface area contributed by atoms with Crippen LogP contribution in [0.2, 0.25) is 0 Å². The van der Waals surface area contributed by atoms with Crippen LogP contribution >= 0.6 is 0 Å². The predicted octanol–water partition coefficient (Wildman–Crippen LogP) is 1.21. The number of benzene rings is 1. The Balaban J connectivity index is 2.46. The van der Waals surface area contributed by atoms with Gasteiger partial charge in [0.05, 0.1) is 4.92 Å². The van der Waals surface area contributed by atoms with Gasteiger partial charge < -0.3 is 16.3 Å². The van der Waals surface area contributed by atoms with E-state index in [4.69, 9.17) is 10.9 Å². The molecule has 1 aromatic rings. The number of hydrogen-bond acceptors (Lipinski definition) is 5. The van der Waals surface area contributed by atoms with E-state index >= 15 is 0 Å². The molecule has 0 aliphatic rings. The van der Waals surface area contributed by atoms with Gasteiger partial charge in [-0.15, -0.1) is 0 Å². The lowest BCUT2D eigenvalue weighted by Crippen LogP contribution is -2.30. The lowest BCUT2D eigenvalue weighted by molar-refractivity contribution is -0.384. The Kier molecular flexibility index (Phi) is 5.06. The number of hydrogen-bond donors (Lipinski definition) is 3. The molecular weight excluding hydrogens is 236 g/mol. The zero-order chi connectivity index (χ0) is 13.5. The van der Waals surface area contributed by atoms with Crippen LogP contribution in [0, 0.1) is 10.1 Å². The van der Waals surface area contributed by atoms with Crippen LogP contribution in [0.15, 0.2) is 29.4 Å². The smallest absolute Gasteiger partial charge is 0.269 e. The predicted molar refractivity (Wildman–Crippen MR) is 67.4 cm³/mol. The SMILES string of the molecule is CC(CC(N)=NO)NCc1ccc([N+](=O)[O-])cc1. The van der Waals surface area contributed by atoms with Crippen molar-refractivity contribution in [3.63, 3.8) is 0 Å². The van der Waals surface area contributed by atoms with E-state index in [2.05, 4.69) is 10.5 Å². The fourth-order valence-electron chi connectivity index (χ4n) is 1.45. The zero-order valence-corrected chi connectivity index (χ0v) is 10.0. The van der Waals surface area contributed by atoms with Gasteiger partial charge in [0.15, 0.2) is 0 Å². The minimum Gasteiger partial charge on any atom is -0.409 e. The number of oxime groups is 1. The molecule has 7 nitrogen and oxygen atoms in total. The molecule has 0 spiro atoms. The first kappa shape index (κ1) is 13.9. The van der Waals surface area contributed by atoms with Crippen molar-refractivity contribution in [1.29, 1.82) is 0 Å². The van der Waals surface area contributed by atoms with Crippen LogP contribution in [0.1, 0.15) is 18.9 Å². The molecule has 1 aromatic carbocycles. The van der Waals surface area contributed by atoms with Gasteiger partial charge in [-0.05, 0) is 12.5 Å². The normalized spacial score (nSPS) is 13.3. The second kappa shape index (κ2) is 6.55. The third-order valence-electron chi connectivity index (χ3n) is 2.45. The van der Waals surface area contributed by atoms with E-state index in [9.17, 15) is 10.1 Å². The Labute approximate surface area is 104 Å². The number of non-ortho nitro benzene ring substituents is 1. The molecule has 0 heterocycles. The van der Waals surface area contributed by atoms with Gasteiger partial charge in [0.25, 0.3) is 5.69 Å². The average molecular weight is 252 g/mol. The average Bonchev–Trinajstić information content (AvgIpc) is 2.36. The number of nitro groups is 1. The number of nitrogens with two attached hydrogens (primary N) is 1. The highest BCUT2D eigenvalue weighted by Crippen LogP contribution is 2.11. The summed E-state index contributed by atoms with van der Waals surface area (Å²) in [7, 11) is 0. The third kappa shape index (κ3) is 4.38. The quantitative estimate of drug-likeness (QED) is 0.231. The minimum absolute atomic E-state index is 0.0519. The van der Waals surface area contributed by atoms with Crippen LogP contribution in [0.25, 0.3) is 0 Å². The van der Waals surface area contributed by atoms with E-state index in [0.29, 0.717) is 13.0 Å². The summed E-state index contributed by atoms with van der Waals surface area (Å²) in [5, 5.41) is 25.0. The van der Waals surface area contributed by atoms with Gasteiger partial charge in [0.2, 0.25) is 0 Å². The Hall–Kier alpha value is -2.15. The number of nitrogens with zero attached hydrogens (tertiary/aromatic N) is 2. The molecule has 0 saturated carbocycles. The highest BCUT2D eigenvalue weighted by atomic mass is 16.6. The summed E-state index contributed by atoms with van der Waals surface area (Å²) >= 11 is 0. The Morgan fingerprint density at radius 1 is 1.56 bits per heavy atom. The van der Waals surface area contributed by atoms with E-state index in [1.807, 2.05) is 6.92 Å². The molecule has 0 radical (unpaired) electrons. The van der Waals surface area contributed by atoms with Crippen LogP contribution in [0.4, 0.5) is 5.69 Å². The molecule has 4 N–H and O–H groups in total. The van der Waals surface area contributed by atoms with Crippen LogP contribution in [-0.2, 0) is 6.54 Å². The Bertz CT molecular complexity index is 430. The van der Waals surface area contributed by atoms with E-state index in [0.717, 1.165) is 5.56 Å². The van der Waals surface area contributed by atoms with E-state index in [1.165, 1.54) is 12.1 Å². The lowest BCUT2D eigenvalue weighted by atomic mass is 10.1. The van der Waals surface area contributed by atoms with Gasteiger partial charge in [-0.1, -0.05) is 17.3 Å². The molecule has 18 heavy (non-hydrogen) atoms. The maximum absolute atomic E-state index is 10.5. The van der Waals surface area contributed by atoms with Gasteiger partial charge in [-0.2, -0.15) is 0 Å². The monoisotopic (exact) mass is 252 g/mol. The number of rotatable bonds is 6. The molecule has 1 unspecified atom stereocenters. The molecule has 0 amide bonds. The molecule has 0 aromatic heterocycles. The van der Waals surface area contributed by atoms with Crippen molar-refractivity contribution < 1.29 is 10.1 Å². The molecule has 1 rings (SSSR count). The van der Waals surface area contributed by atoms with Gasteiger partial charge in [-0.3, -0.25) is 10.1 Å². The summed E-state index contributed by atoms with van der Waals surface area (Å²) in [5.74, 6) is 0.165. The highest BCUT2D eigenvalue weighted by molar-refractivity contribution is 5.80. The molecule has 7 heteroatoms. The van der Waals surface area contributed by atoms with Crippen molar-refractivity contribution in [2.75, 3.05) is 0 Å². The van der Waals surface area contributed by atoms with Crippen molar-refractivity contribution in [2.24, 2.45) is 10.9 Å². The zero-order valence-electron chi connectivity index (χ0n) is 10.0. The summed E-state index contributed by atoms with van der Waals surface area (Å²) in [5.41, 5.74) is 6.39. The summed E-state index contributed by atoms with van der Waals surface area (Å²) in [6.07, 6.45) is 0.434. The first-order chi connectivity index (χ1) is 8.52. The third-order valence-corrected chi connectivity index (χ3v) is 2.45. The molecule has 0 aliphatic carbocycles. The Morgan fingerprint density at radius 2 is 2.17 bits per heavy atom. The van der Waals surface area contributed by atoms with Crippen molar-refractivity contribution in [3.05, 3.63) is 39.9 Å². The maximum Gasteiger partial charge on any atom is 0.269 e. The van der Waals surface area contributed by atoms with Gasteiger partial charge in [0, 0.05) is 31.1 Å². The first-order valence-corrected chi connectivity index (χ1v) is 5.46. The van der Waals surface area contributed by atoms with Gasteiger partial charge >= 0.3 is 0 Å². The van der Waals surface area contributed by atoms with Crippen LogP contribution in [0.3, 0.4) is 0 Å². The molecule has 0 fully saturated rings.